The quantitative estimate of drug-likeness (QED) is 0.397. The summed E-state index contributed by atoms with van der Waals surface area (Å²) < 4.78 is 11.2. The van der Waals surface area contributed by atoms with Crippen molar-refractivity contribution < 1.29 is 14.3 Å². The fourth-order valence-corrected chi connectivity index (χ4v) is 4.76. The average molecular weight is 430 g/mol. The van der Waals surface area contributed by atoms with Crippen LogP contribution in [0.25, 0.3) is 17.0 Å². The second kappa shape index (κ2) is 9.21. The van der Waals surface area contributed by atoms with Crippen LogP contribution >= 0.6 is 24.0 Å². The van der Waals surface area contributed by atoms with Gasteiger partial charge in [0, 0.05) is 44.3 Å². The van der Waals surface area contributed by atoms with Crippen molar-refractivity contribution in [3.63, 3.8) is 0 Å². The average Bonchev–Trinajstić information content (AvgIpc) is 3.01. The van der Waals surface area contributed by atoms with Gasteiger partial charge in [-0.25, -0.2) is 4.98 Å². The number of morpholine rings is 1. The molecule has 2 aliphatic heterocycles. The molecule has 0 atom stereocenters. The van der Waals surface area contributed by atoms with Gasteiger partial charge in [0.2, 0.25) is 0 Å². The zero-order valence-electron chi connectivity index (χ0n) is 16.3. The lowest BCUT2D eigenvalue weighted by atomic mass is 10.1. The fourth-order valence-electron chi connectivity index (χ4n) is 3.46. The van der Waals surface area contributed by atoms with E-state index in [4.69, 9.17) is 26.7 Å². The van der Waals surface area contributed by atoms with E-state index in [-0.39, 0.29) is 5.91 Å². The van der Waals surface area contributed by atoms with E-state index in [1.54, 1.807) is 12.0 Å². The number of thioether (sulfide) groups is 1. The Balaban J connectivity index is 1.69. The van der Waals surface area contributed by atoms with E-state index in [0.29, 0.717) is 35.6 Å². The molecule has 0 unspecified atom stereocenters. The molecule has 1 aromatic heterocycles. The largest absolute Gasteiger partial charge is 0.385 e. The first-order valence-corrected chi connectivity index (χ1v) is 10.9. The summed E-state index contributed by atoms with van der Waals surface area (Å²) in [4.78, 5) is 22.3. The highest BCUT2D eigenvalue weighted by molar-refractivity contribution is 8.26. The summed E-state index contributed by atoms with van der Waals surface area (Å²) >= 11 is 6.79. The topological polar surface area (TPSA) is 54.9 Å². The lowest BCUT2D eigenvalue weighted by molar-refractivity contribution is -0.122. The molecule has 2 aromatic rings. The molecule has 2 fully saturated rings. The Labute approximate surface area is 179 Å². The maximum Gasteiger partial charge on any atom is 0.266 e. The van der Waals surface area contributed by atoms with Crippen molar-refractivity contribution in [1.82, 2.24) is 9.88 Å². The van der Waals surface area contributed by atoms with Crippen LogP contribution in [0.4, 0.5) is 5.82 Å². The predicted molar refractivity (Wildman–Crippen MR) is 121 cm³/mol. The molecule has 0 saturated carbocycles. The van der Waals surface area contributed by atoms with Gasteiger partial charge in [-0.15, -0.1) is 0 Å². The number of pyridine rings is 1. The van der Waals surface area contributed by atoms with E-state index in [2.05, 4.69) is 11.0 Å². The number of methoxy groups -OCH3 is 1. The minimum Gasteiger partial charge on any atom is -0.385 e. The molecule has 8 heteroatoms. The third kappa shape index (κ3) is 4.45. The molecule has 0 radical (unpaired) electrons. The standard InChI is InChI=1S/C21H23N3O3S2/c1-26-10-4-7-24-20(25)18(29-21(24)28)14-16-13-15-5-2-3-6-17(15)22-19(16)23-8-11-27-12-9-23/h2-3,5-6,13-14H,4,7-12H2,1H3/b18-14-. The van der Waals surface area contributed by atoms with Gasteiger partial charge in [0.15, 0.2) is 0 Å². The summed E-state index contributed by atoms with van der Waals surface area (Å²) in [7, 11) is 1.66. The number of hydrogen-bond donors (Lipinski definition) is 0. The van der Waals surface area contributed by atoms with Crippen LogP contribution in [0.3, 0.4) is 0 Å². The van der Waals surface area contributed by atoms with Crippen molar-refractivity contribution in [2.45, 2.75) is 6.42 Å². The Morgan fingerprint density at radius 2 is 2.10 bits per heavy atom. The summed E-state index contributed by atoms with van der Waals surface area (Å²) in [5, 5.41) is 1.05. The second-order valence-electron chi connectivity index (χ2n) is 6.87. The SMILES string of the molecule is COCCCN1C(=O)/C(=C/c2cc3ccccc3nc2N2CCOCC2)SC1=S. The van der Waals surface area contributed by atoms with Gasteiger partial charge in [-0.2, -0.15) is 0 Å². The van der Waals surface area contributed by atoms with Gasteiger partial charge < -0.3 is 14.4 Å². The highest BCUT2D eigenvalue weighted by atomic mass is 32.2. The van der Waals surface area contributed by atoms with Gasteiger partial charge in [0.05, 0.1) is 23.6 Å². The maximum atomic E-state index is 12.9. The number of thiocarbonyl (C=S) groups is 1. The number of benzene rings is 1. The van der Waals surface area contributed by atoms with Crippen molar-refractivity contribution in [3.05, 3.63) is 40.8 Å². The maximum absolute atomic E-state index is 12.9. The summed E-state index contributed by atoms with van der Waals surface area (Å²) in [5.41, 5.74) is 1.88. The van der Waals surface area contributed by atoms with Crippen molar-refractivity contribution in [2.24, 2.45) is 0 Å². The zero-order chi connectivity index (χ0) is 20.2. The van der Waals surface area contributed by atoms with Crippen LogP contribution in [-0.4, -0.2) is 66.7 Å². The predicted octanol–water partition coefficient (Wildman–Crippen LogP) is 3.31. The van der Waals surface area contributed by atoms with E-state index >= 15 is 0 Å². The molecule has 6 nitrogen and oxygen atoms in total. The Morgan fingerprint density at radius 1 is 1.31 bits per heavy atom. The van der Waals surface area contributed by atoms with Gasteiger partial charge in [-0.05, 0) is 24.6 Å². The zero-order valence-corrected chi connectivity index (χ0v) is 17.9. The summed E-state index contributed by atoms with van der Waals surface area (Å²) in [6.07, 6.45) is 2.69. The number of nitrogens with zero attached hydrogens (tertiary/aromatic N) is 3. The van der Waals surface area contributed by atoms with Crippen molar-refractivity contribution in [3.8, 4) is 0 Å². The highest BCUT2D eigenvalue weighted by Gasteiger charge is 2.32. The van der Waals surface area contributed by atoms with E-state index in [1.807, 2.05) is 30.3 Å². The molecule has 0 bridgehead atoms. The summed E-state index contributed by atoms with van der Waals surface area (Å²) in [5.74, 6) is 0.842. The van der Waals surface area contributed by atoms with E-state index in [1.165, 1.54) is 11.8 Å². The Kier molecular flexibility index (Phi) is 6.44. The molecular weight excluding hydrogens is 406 g/mol. The number of para-hydroxylation sites is 1. The number of hydrogen-bond acceptors (Lipinski definition) is 7. The van der Waals surface area contributed by atoms with Gasteiger partial charge in [0.1, 0.15) is 10.1 Å². The van der Waals surface area contributed by atoms with Gasteiger partial charge in [-0.3, -0.25) is 9.69 Å². The van der Waals surface area contributed by atoms with Crippen LogP contribution in [0.15, 0.2) is 35.2 Å². The number of ether oxygens (including phenoxy) is 2. The van der Waals surface area contributed by atoms with Crippen LogP contribution in [0, 0.1) is 0 Å². The number of aromatic nitrogens is 1. The number of fused-ring (bicyclic) bond motifs is 1. The lowest BCUT2D eigenvalue weighted by Gasteiger charge is -2.29. The summed E-state index contributed by atoms with van der Waals surface area (Å²) in [6.45, 7) is 4.09. The Bertz CT molecular complexity index is 957. The number of anilines is 1. The molecule has 0 spiro atoms. The normalized spacial score (nSPS) is 19.0. The summed E-state index contributed by atoms with van der Waals surface area (Å²) in [6, 6.07) is 10.1. The molecule has 0 N–H and O–H groups in total. The van der Waals surface area contributed by atoms with Crippen LogP contribution in [0.1, 0.15) is 12.0 Å². The minimum absolute atomic E-state index is 0.0443. The van der Waals surface area contributed by atoms with Gasteiger partial charge in [0.25, 0.3) is 5.91 Å². The molecular formula is C21H23N3O3S2. The fraction of sp³-hybridized carbons (Fsp3) is 0.381. The molecule has 4 rings (SSSR count). The monoisotopic (exact) mass is 429 g/mol. The Hall–Kier alpha value is -2.00. The van der Waals surface area contributed by atoms with Crippen molar-refractivity contribution in [2.75, 3.05) is 51.5 Å². The van der Waals surface area contributed by atoms with Crippen LogP contribution < -0.4 is 4.90 Å². The number of rotatable bonds is 6. The van der Waals surface area contributed by atoms with Crippen LogP contribution in [0.5, 0.6) is 0 Å². The van der Waals surface area contributed by atoms with E-state index in [9.17, 15) is 4.79 Å². The second-order valence-corrected chi connectivity index (χ2v) is 8.55. The van der Waals surface area contributed by atoms with Crippen molar-refractivity contribution in [1.29, 1.82) is 0 Å². The molecule has 3 heterocycles. The molecule has 29 heavy (non-hydrogen) atoms. The lowest BCUT2D eigenvalue weighted by Crippen LogP contribution is -2.37. The third-order valence-corrected chi connectivity index (χ3v) is 6.31. The first-order valence-electron chi connectivity index (χ1n) is 9.64. The van der Waals surface area contributed by atoms with Gasteiger partial charge in [-0.1, -0.05) is 42.2 Å². The molecule has 1 aromatic carbocycles. The van der Waals surface area contributed by atoms with Crippen molar-refractivity contribution >= 4 is 57.0 Å². The Morgan fingerprint density at radius 3 is 2.90 bits per heavy atom. The van der Waals surface area contributed by atoms with Gasteiger partial charge >= 0.3 is 0 Å². The first kappa shape index (κ1) is 20.3. The van der Waals surface area contributed by atoms with E-state index < -0.39 is 0 Å². The van der Waals surface area contributed by atoms with Crippen LogP contribution in [0.2, 0.25) is 0 Å². The van der Waals surface area contributed by atoms with Crippen LogP contribution in [-0.2, 0) is 14.3 Å². The molecule has 1 amide bonds. The molecule has 152 valence electrons. The smallest absolute Gasteiger partial charge is 0.266 e. The highest BCUT2D eigenvalue weighted by Crippen LogP contribution is 2.35. The van der Waals surface area contributed by atoms with E-state index in [0.717, 1.165) is 41.8 Å². The number of amides is 1. The first-order chi connectivity index (χ1) is 14.2. The molecule has 0 aliphatic carbocycles. The number of carbonyl (C=O) groups excluding carboxylic acids is 1. The third-order valence-electron chi connectivity index (χ3n) is 4.93. The molecule has 2 saturated heterocycles. The minimum atomic E-state index is -0.0443. The number of carbonyl (C=O) groups is 1. The molecule has 2 aliphatic rings.